The van der Waals surface area contributed by atoms with E-state index in [0.29, 0.717) is 42.5 Å². The van der Waals surface area contributed by atoms with Crippen LogP contribution in [0.2, 0.25) is 0 Å². The fourth-order valence-corrected chi connectivity index (χ4v) is 5.31. The van der Waals surface area contributed by atoms with Gasteiger partial charge >= 0.3 is 5.97 Å². The van der Waals surface area contributed by atoms with Crippen LogP contribution in [-0.2, 0) is 22.4 Å². The molecule has 2 aromatic rings. The lowest BCUT2D eigenvalue weighted by Gasteiger charge is -2.11. The smallest absolute Gasteiger partial charge is 0.341 e. The number of thiophene rings is 1. The molecule has 0 fully saturated rings. The number of esters is 1. The summed E-state index contributed by atoms with van der Waals surface area (Å²) in [6.45, 7) is 6.85. The van der Waals surface area contributed by atoms with E-state index in [2.05, 4.69) is 47.2 Å². The summed E-state index contributed by atoms with van der Waals surface area (Å²) in [4.78, 5) is 26.0. The van der Waals surface area contributed by atoms with Gasteiger partial charge in [-0.15, -0.1) is 11.3 Å². The Morgan fingerprint density at radius 3 is 2.77 bits per heavy atom. The molecular formula is C23H28BrNO4S. The predicted octanol–water partition coefficient (Wildman–Crippen LogP) is 6.10. The fraction of sp³-hybridized carbons (Fsp3) is 0.478. The highest BCUT2D eigenvalue weighted by molar-refractivity contribution is 9.10. The number of amides is 1. The predicted molar refractivity (Wildman–Crippen MR) is 124 cm³/mol. The minimum Gasteiger partial charge on any atom is -0.492 e. The van der Waals surface area contributed by atoms with Crippen molar-refractivity contribution in [3.63, 3.8) is 0 Å². The Morgan fingerprint density at radius 2 is 2.07 bits per heavy atom. The number of aryl methyl sites for hydroxylation is 1. The zero-order valence-electron chi connectivity index (χ0n) is 17.7. The van der Waals surface area contributed by atoms with Gasteiger partial charge in [0, 0.05) is 11.3 Å². The summed E-state index contributed by atoms with van der Waals surface area (Å²) in [6, 6.07) is 6.09. The number of ether oxygens (including phenoxy) is 2. The molecule has 1 aromatic heterocycles. The lowest BCUT2D eigenvalue weighted by Crippen LogP contribution is -2.15. The molecule has 30 heavy (non-hydrogen) atoms. The Labute approximate surface area is 190 Å². The Hall–Kier alpha value is -1.86. The van der Waals surface area contributed by atoms with E-state index in [1.165, 1.54) is 21.8 Å². The number of nitrogens with one attached hydrogen (secondary N) is 1. The second kappa shape index (κ2) is 10.4. The first-order chi connectivity index (χ1) is 14.4. The Kier molecular flexibility index (Phi) is 7.94. The van der Waals surface area contributed by atoms with Crippen molar-refractivity contribution in [1.29, 1.82) is 0 Å². The molecule has 0 saturated heterocycles. The van der Waals surface area contributed by atoms with E-state index < -0.39 is 0 Å². The molecule has 0 radical (unpaired) electrons. The third-order valence-electron chi connectivity index (χ3n) is 5.08. The first kappa shape index (κ1) is 22.8. The van der Waals surface area contributed by atoms with Gasteiger partial charge in [-0.2, -0.15) is 0 Å². The summed E-state index contributed by atoms with van der Waals surface area (Å²) < 4.78 is 11.9. The summed E-state index contributed by atoms with van der Waals surface area (Å²) in [7, 11) is 0. The van der Waals surface area contributed by atoms with Crippen LogP contribution in [0.5, 0.6) is 5.75 Å². The fourth-order valence-electron chi connectivity index (χ4n) is 3.51. The Morgan fingerprint density at radius 1 is 1.27 bits per heavy atom. The third-order valence-corrected chi connectivity index (χ3v) is 6.91. The molecule has 1 amide bonds. The van der Waals surface area contributed by atoms with Crippen molar-refractivity contribution in [1.82, 2.24) is 0 Å². The average Bonchev–Trinajstić information content (AvgIpc) is 3.26. The van der Waals surface area contributed by atoms with Crippen LogP contribution in [0.3, 0.4) is 0 Å². The lowest BCUT2D eigenvalue weighted by molar-refractivity contribution is -0.116. The zero-order valence-corrected chi connectivity index (χ0v) is 20.1. The number of carbonyl (C=O) groups excluding carboxylic acids is 2. The molecule has 1 N–H and O–H groups in total. The molecule has 162 valence electrons. The molecule has 0 bridgehead atoms. The maximum atomic E-state index is 12.4. The van der Waals surface area contributed by atoms with Crippen molar-refractivity contribution >= 4 is 44.1 Å². The largest absolute Gasteiger partial charge is 0.492 e. The van der Waals surface area contributed by atoms with Crippen LogP contribution in [0.1, 0.15) is 72.3 Å². The number of halogens is 1. The van der Waals surface area contributed by atoms with Gasteiger partial charge in [-0.1, -0.05) is 19.9 Å². The van der Waals surface area contributed by atoms with Crippen LogP contribution >= 0.6 is 27.3 Å². The highest BCUT2D eigenvalue weighted by atomic mass is 79.9. The maximum Gasteiger partial charge on any atom is 0.341 e. The van der Waals surface area contributed by atoms with Crippen LogP contribution in [-0.4, -0.2) is 25.1 Å². The quantitative estimate of drug-likeness (QED) is 0.338. The molecule has 0 atom stereocenters. The van der Waals surface area contributed by atoms with Crippen molar-refractivity contribution in [2.24, 2.45) is 0 Å². The van der Waals surface area contributed by atoms with E-state index >= 15 is 0 Å². The van der Waals surface area contributed by atoms with Gasteiger partial charge in [0.05, 0.1) is 23.2 Å². The minimum atomic E-state index is -0.342. The molecule has 1 aliphatic carbocycles. The molecule has 1 heterocycles. The van der Waals surface area contributed by atoms with E-state index in [1.54, 1.807) is 6.92 Å². The number of carbonyl (C=O) groups is 2. The van der Waals surface area contributed by atoms with Crippen LogP contribution in [0.4, 0.5) is 5.00 Å². The molecule has 1 aromatic carbocycles. The van der Waals surface area contributed by atoms with E-state index in [4.69, 9.17) is 9.47 Å². The minimum absolute atomic E-state index is 0.113. The number of hydrogen-bond donors (Lipinski definition) is 1. The van der Waals surface area contributed by atoms with E-state index in [-0.39, 0.29) is 11.9 Å². The normalized spacial score (nSPS) is 12.7. The topological polar surface area (TPSA) is 64.6 Å². The van der Waals surface area contributed by atoms with Gasteiger partial charge in [0.2, 0.25) is 5.91 Å². The summed E-state index contributed by atoms with van der Waals surface area (Å²) in [6.07, 6.45) is 3.79. The molecule has 1 aliphatic rings. The average molecular weight is 494 g/mol. The SMILES string of the molecule is CCOC(=O)c1c(NC(=O)CCCOc2ccc(C(C)C)cc2Br)sc2c1CCC2. The van der Waals surface area contributed by atoms with Gasteiger partial charge in [-0.05, 0) is 77.7 Å². The first-order valence-corrected chi connectivity index (χ1v) is 12.0. The maximum absolute atomic E-state index is 12.4. The second-order valence-corrected chi connectivity index (χ2v) is 9.59. The Balaban J connectivity index is 1.53. The van der Waals surface area contributed by atoms with Crippen molar-refractivity contribution in [3.05, 3.63) is 44.2 Å². The number of anilines is 1. The lowest BCUT2D eigenvalue weighted by atomic mass is 10.0. The number of hydrogen-bond acceptors (Lipinski definition) is 5. The molecule has 0 saturated carbocycles. The van der Waals surface area contributed by atoms with E-state index in [9.17, 15) is 9.59 Å². The summed E-state index contributed by atoms with van der Waals surface area (Å²) >= 11 is 5.05. The molecule has 7 heteroatoms. The van der Waals surface area contributed by atoms with Crippen molar-refractivity contribution < 1.29 is 19.1 Å². The van der Waals surface area contributed by atoms with Crippen LogP contribution in [0, 0.1) is 0 Å². The van der Waals surface area contributed by atoms with Gasteiger partial charge in [0.25, 0.3) is 0 Å². The third kappa shape index (κ3) is 5.43. The van der Waals surface area contributed by atoms with Crippen LogP contribution in [0.15, 0.2) is 22.7 Å². The highest BCUT2D eigenvalue weighted by Crippen LogP contribution is 2.39. The van der Waals surface area contributed by atoms with Crippen molar-refractivity contribution in [2.45, 2.75) is 58.8 Å². The second-order valence-electron chi connectivity index (χ2n) is 7.63. The van der Waals surface area contributed by atoms with Crippen LogP contribution < -0.4 is 10.1 Å². The van der Waals surface area contributed by atoms with Crippen molar-refractivity contribution in [2.75, 3.05) is 18.5 Å². The van der Waals surface area contributed by atoms with E-state index in [0.717, 1.165) is 35.0 Å². The summed E-state index contributed by atoms with van der Waals surface area (Å²) in [5, 5.41) is 3.54. The van der Waals surface area contributed by atoms with Gasteiger partial charge in [-0.25, -0.2) is 4.79 Å². The number of rotatable bonds is 9. The molecule has 0 unspecified atom stereocenters. The van der Waals surface area contributed by atoms with Gasteiger partial charge in [-0.3, -0.25) is 4.79 Å². The number of benzene rings is 1. The van der Waals surface area contributed by atoms with Gasteiger partial charge in [0.1, 0.15) is 10.8 Å². The van der Waals surface area contributed by atoms with Gasteiger partial charge in [0.15, 0.2) is 0 Å². The molecule has 0 aliphatic heterocycles. The summed E-state index contributed by atoms with van der Waals surface area (Å²) in [5.74, 6) is 0.778. The summed E-state index contributed by atoms with van der Waals surface area (Å²) in [5.41, 5.74) is 2.84. The van der Waals surface area contributed by atoms with Crippen molar-refractivity contribution in [3.8, 4) is 5.75 Å². The van der Waals surface area contributed by atoms with E-state index in [1.807, 2.05) is 6.07 Å². The zero-order chi connectivity index (χ0) is 21.7. The Bertz CT molecular complexity index is 922. The standard InChI is InChI=1S/C23H28BrNO4S/c1-4-28-23(27)21-16-7-5-8-19(16)30-22(21)25-20(26)9-6-12-29-18-11-10-15(14(2)3)13-17(18)24/h10-11,13-14H,4-9,12H2,1-3H3,(H,25,26). The molecular weight excluding hydrogens is 466 g/mol. The molecule has 5 nitrogen and oxygen atoms in total. The molecule has 0 spiro atoms. The van der Waals surface area contributed by atoms with Crippen LogP contribution in [0.25, 0.3) is 0 Å². The first-order valence-electron chi connectivity index (χ1n) is 10.4. The van der Waals surface area contributed by atoms with Gasteiger partial charge < -0.3 is 14.8 Å². The monoisotopic (exact) mass is 493 g/mol. The highest BCUT2D eigenvalue weighted by Gasteiger charge is 2.28. The number of fused-ring (bicyclic) bond motifs is 1. The molecule has 3 rings (SSSR count).